The molecule has 0 bridgehead atoms. The third-order valence-electron chi connectivity index (χ3n) is 4.64. The maximum atomic E-state index is 12.7. The van der Waals surface area contributed by atoms with Crippen LogP contribution in [0.3, 0.4) is 0 Å². The zero-order chi connectivity index (χ0) is 19.6. The van der Waals surface area contributed by atoms with Gasteiger partial charge in [-0.2, -0.15) is 4.31 Å². The summed E-state index contributed by atoms with van der Waals surface area (Å²) in [7, 11) is -3.48. The number of anilines is 1. The highest BCUT2D eigenvalue weighted by Crippen LogP contribution is 2.26. The fourth-order valence-corrected chi connectivity index (χ4v) is 4.83. The quantitative estimate of drug-likeness (QED) is 0.559. The zero-order valence-corrected chi connectivity index (χ0v) is 16.4. The molecule has 0 atom stereocenters. The Labute approximate surface area is 163 Å². The van der Waals surface area contributed by atoms with Crippen molar-refractivity contribution >= 4 is 33.0 Å². The first-order chi connectivity index (χ1) is 12.8. The Hall–Kier alpha value is -2.16. The maximum Gasteiger partial charge on any atom is 0.269 e. The number of hydrogen-bond donors (Lipinski definition) is 0. The van der Waals surface area contributed by atoms with Gasteiger partial charge in [0, 0.05) is 49.0 Å². The topological polar surface area (TPSA) is 83.8 Å². The molecule has 9 heteroatoms. The molecule has 3 rings (SSSR count). The molecule has 0 unspecified atom stereocenters. The van der Waals surface area contributed by atoms with E-state index < -0.39 is 14.9 Å². The Balaban J connectivity index is 1.65. The summed E-state index contributed by atoms with van der Waals surface area (Å²) in [6.45, 7) is 3.95. The van der Waals surface area contributed by atoms with Crippen molar-refractivity contribution in [3.8, 4) is 0 Å². The molecular weight excluding hydrogens is 390 g/mol. The molecule has 2 aromatic rings. The van der Waals surface area contributed by atoms with Gasteiger partial charge in [0.05, 0.1) is 10.7 Å². The van der Waals surface area contributed by atoms with Crippen LogP contribution >= 0.6 is 11.6 Å². The molecule has 1 saturated heterocycles. The van der Waals surface area contributed by atoms with Gasteiger partial charge in [0.2, 0.25) is 10.0 Å². The van der Waals surface area contributed by atoms with E-state index in [2.05, 4.69) is 4.90 Å². The van der Waals surface area contributed by atoms with Gasteiger partial charge in [0.15, 0.2) is 0 Å². The Bertz CT molecular complexity index is 940. The molecule has 27 heavy (non-hydrogen) atoms. The number of sulfonamides is 1. The monoisotopic (exact) mass is 409 g/mol. The summed E-state index contributed by atoms with van der Waals surface area (Å²) in [5.41, 5.74) is 2.60. The van der Waals surface area contributed by atoms with Crippen molar-refractivity contribution < 1.29 is 13.3 Å². The van der Waals surface area contributed by atoms with E-state index >= 15 is 0 Å². The summed E-state index contributed by atoms with van der Waals surface area (Å²) >= 11 is 6.08. The molecule has 144 valence electrons. The number of halogens is 1. The highest BCUT2D eigenvalue weighted by Gasteiger charge is 2.27. The van der Waals surface area contributed by atoms with Crippen molar-refractivity contribution in [1.82, 2.24) is 4.31 Å². The van der Waals surface area contributed by atoms with Crippen LogP contribution in [0.2, 0.25) is 5.02 Å². The van der Waals surface area contributed by atoms with Crippen LogP contribution in [-0.2, 0) is 15.8 Å². The van der Waals surface area contributed by atoms with Gasteiger partial charge in [-0.05, 0) is 30.2 Å². The second-order valence-electron chi connectivity index (χ2n) is 6.50. The molecule has 1 fully saturated rings. The molecule has 0 N–H and O–H groups in total. The second kappa shape index (κ2) is 7.84. The van der Waals surface area contributed by atoms with Crippen molar-refractivity contribution in [2.75, 3.05) is 31.1 Å². The molecule has 0 saturated carbocycles. The van der Waals surface area contributed by atoms with Gasteiger partial charge in [-0.25, -0.2) is 8.42 Å². The predicted molar refractivity (Wildman–Crippen MR) is 106 cm³/mol. The van der Waals surface area contributed by atoms with E-state index in [1.54, 1.807) is 0 Å². The number of rotatable bonds is 5. The lowest BCUT2D eigenvalue weighted by molar-refractivity contribution is -0.384. The molecule has 0 aliphatic carbocycles. The lowest BCUT2D eigenvalue weighted by Gasteiger charge is -2.36. The number of aryl methyl sites for hydroxylation is 1. The van der Waals surface area contributed by atoms with Crippen LogP contribution in [-0.4, -0.2) is 43.8 Å². The van der Waals surface area contributed by atoms with Gasteiger partial charge in [-0.1, -0.05) is 29.8 Å². The molecule has 0 amide bonds. The minimum atomic E-state index is -3.48. The molecule has 1 heterocycles. The van der Waals surface area contributed by atoms with Crippen molar-refractivity contribution in [3.05, 3.63) is 68.7 Å². The van der Waals surface area contributed by atoms with Crippen molar-refractivity contribution in [3.63, 3.8) is 0 Å². The lowest BCUT2D eigenvalue weighted by Crippen LogP contribution is -2.49. The number of hydrogen-bond acceptors (Lipinski definition) is 5. The maximum absolute atomic E-state index is 12.7. The van der Waals surface area contributed by atoms with Gasteiger partial charge in [0.25, 0.3) is 5.69 Å². The average molecular weight is 410 g/mol. The van der Waals surface area contributed by atoms with E-state index in [9.17, 15) is 18.5 Å². The van der Waals surface area contributed by atoms with E-state index in [0.29, 0.717) is 36.8 Å². The van der Waals surface area contributed by atoms with Gasteiger partial charge in [-0.3, -0.25) is 10.1 Å². The summed E-state index contributed by atoms with van der Waals surface area (Å²) in [6.07, 6.45) is 0. The minimum Gasteiger partial charge on any atom is -0.369 e. The summed E-state index contributed by atoms with van der Waals surface area (Å²) in [6, 6.07) is 11.3. The average Bonchev–Trinajstić information content (AvgIpc) is 2.64. The molecule has 0 aromatic heterocycles. The van der Waals surface area contributed by atoms with Crippen LogP contribution in [0.25, 0.3) is 0 Å². The van der Waals surface area contributed by atoms with E-state index in [1.807, 2.05) is 25.1 Å². The van der Waals surface area contributed by atoms with Crippen LogP contribution in [0.5, 0.6) is 0 Å². The number of benzene rings is 2. The third-order valence-corrected chi connectivity index (χ3v) is 6.73. The first-order valence-corrected chi connectivity index (χ1v) is 10.5. The first-order valence-electron chi connectivity index (χ1n) is 8.48. The Morgan fingerprint density at radius 1 is 1.07 bits per heavy atom. The van der Waals surface area contributed by atoms with Gasteiger partial charge < -0.3 is 4.90 Å². The number of nitrogens with zero attached hydrogens (tertiary/aromatic N) is 3. The molecule has 7 nitrogen and oxygen atoms in total. The van der Waals surface area contributed by atoms with Crippen LogP contribution in [0.1, 0.15) is 11.1 Å². The number of nitro benzene ring substituents is 1. The summed E-state index contributed by atoms with van der Waals surface area (Å²) in [5.74, 6) is -0.165. The van der Waals surface area contributed by atoms with Crippen LogP contribution in [0.15, 0.2) is 42.5 Å². The number of piperazine rings is 1. The lowest BCUT2D eigenvalue weighted by atomic mass is 10.1. The second-order valence-corrected chi connectivity index (χ2v) is 8.90. The molecule has 1 aliphatic heterocycles. The van der Waals surface area contributed by atoms with Crippen LogP contribution in [0.4, 0.5) is 11.4 Å². The molecule has 2 aromatic carbocycles. The normalized spacial score (nSPS) is 15.7. The van der Waals surface area contributed by atoms with Crippen LogP contribution < -0.4 is 4.90 Å². The summed E-state index contributed by atoms with van der Waals surface area (Å²) < 4.78 is 26.9. The van der Waals surface area contributed by atoms with Crippen LogP contribution in [0, 0.1) is 17.0 Å². The smallest absolute Gasteiger partial charge is 0.269 e. The van der Waals surface area contributed by atoms with Gasteiger partial charge in [0.1, 0.15) is 0 Å². The number of non-ortho nitro benzene ring substituents is 1. The van der Waals surface area contributed by atoms with Crippen molar-refractivity contribution in [2.24, 2.45) is 0 Å². The molecule has 1 aliphatic rings. The van der Waals surface area contributed by atoms with Crippen molar-refractivity contribution in [2.45, 2.75) is 12.7 Å². The first kappa shape index (κ1) is 19.6. The van der Waals surface area contributed by atoms with Crippen molar-refractivity contribution in [1.29, 1.82) is 0 Å². The Morgan fingerprint density at radius 2 is 1.70 bits per heavy atom. The summed E-state index contributed by atoms with van der Waals surface area (Å²) in [5, 5.41) is 11.4. The fourth-order valence-electron chi connectivity index (χ4n) is 3.15. The zero-order valence-electron chi connectivity index (χ0n) is 14.8. The molecular formula is C18H20ClN3O4S. The third kappa shape index (κ3) is 4.58. The van der Waals surface area contributed by atoms with E-state index in [0.717, 1.165) is 11.3 Å². The molecule has 0 spiro atoms. The highest BCUT2D eigenvalue weighted by molar-refractivity contribution is 7.88. The van der Waals surface area contributed by atoms with Gasteiger partial charge >= 0.3 is 0 Å². The Morgan fingerprint density at radius 3 is 2.30 bits per heavy atom. The minimum absolute atomic E-state index is 0.0540. The molecule has 0 radical (unpaired) electrons. The van der Waals surface area contributed by atoms with E-state index in [1.165, 1.54) is 28.6 Å². The Kier molecular flexibility index (Phi) is 5.69. The van der Waals surface area contributed by atoms with E-state index in [-0.39, 0.29) is 11.4 Å². The van der Waals surface area contributed by atoms with E-state index in [4.69, 9.17) is 11.6 Å². The number of nitro groups is 1. The predicted octanol–water partition coefficient (Wildman–Crippen LogP) is 3.21. The standard InChI is InChI=1S/C18H20ClN3O4S/c1-14-2-5-16(19)12-18(14)20-8-10-21(11-9-20)27(25,26)13-15-3-6-17(7-4-15)22(23)24/h2-7,12H,8-11,13H2,1H3. The largest absolute Gasteiger partial charge is 0.369 e. The van der Waals surface area contributed by atoms with Gasteiger partial charge in [-0.15, -0.1) is 0 Å². The SMILES string of the molecule is Cc1ccc(Cl)cc1N1CCN(S(=O)(=O)Cc2ccc([N+](=O)[O-])cc2)CC1. The highest BCUT2D eigenvalue weighted by atomic mass is 35.5. The fraction of sp³-hybridized carbons (Fsp3) is 0.333. The summed E-state index contributed by atoms with van der Waals surface area (Å²) in [4.78, 5) is 12.3.